The van der Waals surface area contributed by atoms with Gasteiger partial charge in [0.05, 0.1) is 19.6 Å². The van der Waals surface area contributed by atoms with Crippen LogP contribution in [0.2, 0.25) is 0 Å². The van der Waals surface area contributed by atoms with Gasteiger partial charge in [0.1, 0.15) is 12.4 Å². The van der Waals surface area contributed by atoms with Crippen molar-refractivity contribution in [3.8, 4) is 5.75 Å². The molecule has 0 aromatic heterocycles. The number of carbonyl (C=O) groups is 2. The number of carbonyl (C=O) groups excluding carboxylic acids is 2. The molecule has 0 heterocycles. The van der Waals surface area contributed by atoms with Gasteiger partial charge < -0.3 is 21.1 Å². The van der Waals surface area contributed by atoms with Gasteiger partial charge in [0.15, 0.2) is 0 Å². The molecule has 1 aromatic carbocycles. The molecule has 0 aliphatic rings. The third-order valence-corrected chi connectivity index (χ3v) is 2.61. The van der Waals surface area contributed by atoms with Crippen LogP contribution in [0, 0.1) is 0 Å². The van der Waals surface area contributed by atoms with Gasteiger partial charge in [-0.25, -0.2) is 0 Å². The molecule has 0 unspecified atom stereocenters. The monoisotopic (exact) mass is 329 g/mol. The zero-order valence-corrected chi connectivity index (χ0v) is 11.9. The molecular weight excluding hydrogens is 314 g/mol. The molecule has 0 spiro atoms. The molecule has 0 atom stereocenters. The maximum absolute atomic E-state index is 11.3. The second-order valence-electron chi connectivity index (χ2n) is 3.64. The molecule has 1 aromatic rings. The highest BCUT2D eigenvalue weighted by atomic mass is 79.9. The highest BCUT2D eigenvalue weighted by Gasteiger charge is 2.03. The standard InChI is InChI=1S/C12H16BrN3O3/c13-9-2-1-3-10(6-9)19-5-4-15-12(18)8-16-11(17)7-14/h1-3,6H,4-5,7-8,14H2,(H,15,18)(H,16,17). The van der Waals surface area contributed by atoms with Crippen molar-refractivity contribution in [1.29, 1.82) is 0 Å². The van der Waals surface area contributed by atoms with Gasteiger partial charge in [-0.1, -0.05) is 22.0 Å². The molecule has 0 bridgehead atoms. The van der Waals surface area contributed by atoms with E-state index in [0.29, 0.717) is 13.2 Å². The first-order valence-corrected chi connectivity index (χ1v) is 6.53. The Labute approximate surface area is 119 Å². The Morgan fingerprint density at radius 3 is 2.74 bits per heavy atom. The number of halogens is 1. The van der Waals surface area contributed by atoms with Crippen LogP contribution >= 0.6 is 15.9 Å². The lowest BCUT2D eigenvalue weighted by atomic mass is 10.3. The van der Waals surface area contributed by atoms with E-state index in [-0.39, 0.29) is 24.9 Å². The van der Waals surface area contributed by atoms with E-state index in [1.54, 1.807) is 0 Å². The summed E-state index contributed by atoms with van der Waals surface area (Å²) in [5.41, 5.74) is 5.09. The third-order valence-electron chi connectivity index (χ3n) is 2.12. The summed E-state index contributed by atoms with van der Waals surface area (Å²) in [5.74, 6) is 0.0836. The molecule has 19 heavy (non-hydrogen) atoms. The number of nitrogens with one attached hydrogen (secondary N) is 2. The van der Waals surface area contributed by atoms with Crippen molar-refractivity contribution >= 4 is 27.7 Å². The first-order valence-electron chi connectivity index (χ1n) is 5.73. The fraction of sp³-hybridized carbons (Fsp3) is 0.333. The van der Waals surface area contributed by atoms with Crippen LogP contribution in [0.4, 0.5) is 0 Å². The lowest BCUT2D eigenvalue weighted by Gasteiger charge is -2.08. The number of hydrogen-bond donors (Lipinski definition) is 3. The first kappa shape index (κ1) is 15.5. The Kier molecular flexibility index (Phi) is 6.91. The number of amides is 2. The maximum atomic E-state index is 11.3. The molecule has 1 rings (SSSR count). The maximum Gasteiger partial charge on any atom is 0.239 e. The summed E-state index contributed by atoms with van der Waals surface area (Å²) in [4.78, 5) is 22.1. The van der Waals surface area contributed by atoms with Crippen LogP contribution in [-0.2, 0) is 9.59 Å². The summed E-state index contributed by atoms with van der Waals surface area (Å²) >= 11 is 3.34. The summed E-state index contributed by atoms with van der Waals surface area (Å²) < 4.78 is 6.36. The van der Waals surface area contributed by atoms with Crippen molar-refractivity contribution < 1.29 is 14.3 Å². The fourth-order valence-electron chi connectivity index (χ4n) is 1.23. The Morgan fingerprint density at radius 1 is 1.26 bits per heavy atom. The summed E-state index contributed by atoms with van der Waals surface area (Å²) in [6.07, 6.45) is 0. The van der Waals surface area contributed by atoms with Crippen molar-refractivity contribution in [2.45, 2.75) is 0 Å². The predicted molar refractivity (Wildman–Crippen MR) is 74.7 cm³/mol. The Hall–Kier alpha value is -1.60. The minimum atomic E-state index is -0.361. The van der Waals surface area contributed by atoms with E-state index in [0.717, 1.165) is 10.2 Å². The average Bonchev–Trinajstić information content (AvgIpc) is 2.41. The van der Waals surface area contributed by atoms with Crippen molar-refractivity contribution in [2.75, 3.05) is 26.2 Å². The molecule has 6 nitrogen and oxygen atoms in total. The molecule has 0 radical (unpaired) electrons. The van der Waals surface area contributed by atoms with Crippen LogP contribution in [0.5, 0.6) is 5.75 Å². The Balaban J connectivity index is 2.13. The highest BCUT2D eigenvalue weighted by molar-refractivity contribution is 9.10. The van der Waals surface area contributed by atoms with Gasteiger partial charge >= 0.3 is 0 Å². The average molecular weight is 330 g/mol. The molecule has 2 amide bonds. The van der Waals surface area contributed by atoms with E-state index < -0.39 is 0 Å². The Morgan fingerprint density at radius 2 is 2.05 bits per heavy atom. The minimum Gasteiger partial charge on any atom is -0.492 e. The first-order chi connectivity index (χ1) is 9.11. The van der Waals surface area contributed by atoms with Crippen LogP contribution in [0.1, 0.15) is 0 Å². The van der Waals surface area contributed by atoms with E-state index in [1.807, 2.05) is 24.3 Å². The van der Waals surface area contributed by atoms with Gasteiger partial charge in [-0.15, -0.1) is 0 Å². The van der Waals surface area contributed by atoms with E-state index in [2.05, 4.69) is 26.6 Å². The second kappa shape index (κ2) is 8.49. The number of rotatable bonds is 7. The van der Waals surface area contributed by atoms with Crippen molar-refractivity contribution in [2.24, 2.45) is 5.73 Å². The number of ether oxygens (including phenoxy) is 1. The minimum absolute atomic E-state index is 0.0765. The SMILES string of the molecule is NCC(=O)NCC(=O)NCCOc1cccc(Br)c1. The van der Waals surface area contributed by atoms with Crippen LogP contribution in [0.15, 0.2) is 28.7 Å². The molecule has 104 valence electrons. The number of benzene rings is 1. The molecule has 0 aliphatic carbocycles. The quantitative estimate of drug-likeness (QED) is 0.615. The van der Waals surface area contributed by atoms with E-state index in [9.17, 15) is 9.59 Å². The fourth-order valence-corrected chi connectivity index (χ4v) is 1.61. The number of nitrogens with two attached hydrogens (primary N) is 1. The molecule has 4 N–H and O–H groups in total. The van der Waals surface area contributed by atoms with Crippen molar-refractivity contribution in [1.82, 2.24) is 10.6 Å². The van der Waals surface area contributed by atoms with Crippen molar-refractivity contribution in [3.63, 3.8) is 0 Å². The second-order valence-corrected chi connectivity index (χ2v) is 4.55. The van der Waals surface area contributed by atoms with Crippen LogP contribution < -0.4 is 21.1 Å². The predicted octanol–water partition coefficient (Wildman–Crippen LogP) is 0.0190. The zero-order chi connectivity index (χ0) is 14.1. The zero-order valence-electron chi connectivity index (χ0n) is 10.3. The summed E-state index contributed by atoms with van der Waals surface area (Å²) in [5, 5.41) is 4.99. The van der Waals surface area contributed by atoms with E-state index >= 15 is 0 Å². The molecule has 0 saturated carbocycles. The van der Waals surface area contributed by atoms with Gasteiger partial charge in [-0.2, -0.15) is 0 Å². The van der Waals surface area contributed by atoms with Gasteiger partial charge in [0, 0.05) is 4.47 Å². The molecule has 0 fully saturated rings. The lowest BCUT2D eigenvalue weighted by Crippen LogP contribution is -2.40. The molecule has 0 saturated heterocycles. The van der Waals surface area contributed by atoms with Crippen LogP contribution in [0.3, 0.4) is 0 Å². The normalized spacial score (nSPS) is 9.79. The highest BCUT2D eigenvalue weighted by Crippen LogP contribution is 2.17. The molecular formula is C12H16BrN3O3. The summed E-state index contributed by atoms with van der Waals surface area (Å²) in [7, 11) is 0. The summed E-state index contributed by atoms with van der Waals surface area (Å²) in [6, 6.07) is 7.42. The Bertz CT molecular complexity index is 440. The van der Waals surface area contributed by atoms with Gasteiger partial charge in [-0.05, 0) is 18.2 Å². The third kappa shape index (κ3) is 6.78. The van der Waals surface area contributed by atoms with Gasteiger partial charge in [0.25, 0.3) is 0 Å². The van der Waals surface area contributed by atoms with Crippen LogP contribution in [0.25, 0.3) is 0 Å². The van der Waals surface area contributed by atoms with Crippen molar-refractivity contribution in [3.05, 3.63) is 28.7 Å². The molecule has 7 heteroatoms. The largest absolute Gasteiger partial charge is 0.492 e. The van der Waals surface area contributed by atoms with Crippen LogP contribution in [-0.4, -0.2) is 38.1 Å². The van der Waals surface area contributed by atoms with Gasteiger partial charge in [-0.3, -0.25) is 9.59 Å². The topological polar surface area (TPSA) is 93.5 Å². The summed E-state index contributed by atoms with van der Waals surface area (Å²) in [6.45, 7) is 0.517. The number of hydrogen-bond acceptors (Lipinski definition) is 4. The lowest BCUT2D eigenvalue weighted by molar-refractivity contribution is -0.125. The van der Waals surface area contributed by atoms with Gasteiger partial charge in [0.2, 0.25) is 11.8 Å². The molecule has 0 aliphatic heterocycles. The van der Waals surface area contributed by atoms with E-state index in [4.69, 9.17) is 10.5 Å². The van der Waals surface area contributed by atoms with E-state index in [1.165, 1.54) is 0 Å². The smallest absolute Gasteiger partial charge is 0.239 e.